The zero-order valence-electron chi connectivity index (χ0n) is 12.1. The number of ether oxygens (including phenoxy) is 2. The molecule has 5 nitrogen and oxygen atoms in total. The van der Waals surface area contributed by atoms with Crippen LogP contribution in [0, 0.1) is 5.92 Å². The smallest absolute Gasteiger partial charge is 0.326 e. The first-order valence-electron chi connectivity index (χ1n) is 7.28. The second kappa shape index (κ2) is 6.20. The second-order valence-electron chi connectivity index (χ2n) is 5.88. The fourth-order valence-electron chi connectivity index (χ4n) is 3.39. The molecule has 0 bridgehead atoms. The first kappa shape index (κ1) is 14.8. The minimum atomic E-state index is -0.764. The van der Waals surface area contributed by atoms with E-state index in [1.807, 2.05) is 6.92 Å². The molecule has 0 aromatic carbocycles. The summed E-state index contributed by atoms with van der Waals surface area (Å²) in [5.74, 6) is 0.394. The van der Waals surface area contributed by atoms with E-state index >= 15 is 0 Å². The van der Waals surface area contributed by atoms with Gasteiger partial charge in [0.1, 0.15) is 5.54 Å². The number of esters is 1. The minimum absolute atomic E-state index is 0.231. The summed E-state index contributed by atoms with van der Waals surface area (Å²) in [6.07, 6.45) is 3.64. The number of nitrogens with zero attached hydrogens (tertiary/aromatic N) is 1. The zero-order valence-corrected chi connectivity index (χ0v) is 12.1. The van der Waals surface area contributed by atoms with Crippen LogP contribution in [0.1, 0.15) is 32.6 Å². The van der Waals surface area contributed by atoms with Crippen LogP contribution in [-0.4, -0.2) is 55.9 Å². The Morgan fingerprint density at radius 2 is 2.26 bits per heavy atom. The predicted octanol–water partition coefficient (Wildman–Crippen LogP) is 0.768. The number of carbonyl (C=O) groups is 1. The van der Waals surface area contributed by atoms with E-state index in [4.69, 9.17) is 15.2 Å². The Morgan fingerprint density at radius 3 is 2.95 bits per heavy atom. The third-order valence-corrected chi connectivity index (χ3v) is 4.44. The van der Waals surface area contributed by atoms with Crippen molar-refractivity contribution in [1.29, 1.82) is 0 Å². The van der Waals surface area contributed by atoms with Gasteiger partial charge in [0.05, 0.1) is 13.2 Å². The van der Waals surface area contributed by atoms with Crippen LogP contribution in [-0.2, 0) is 14.3 Å². The number of hydrogen-bond donors (Lipinski definition) is 1. The van der Waals surface area contributed by atoms with Crippen LogP contribution < -0.4 is 5.73 Å². The molecule has 1 saturated carbocycles. The lowest BCUT2D eigenvalue weighted by Crippen LogP contribution is -2.48. The van der Waals surface area contributed by atoms with Crippen molar-refractivity contribution in [3.8, 4) is 0 Å². The Morgan fingerprint density at radius 1 is 1.47 bits per heavy atom. The lowest BCUT2D eigenvalue weighted by atomic mass is 9.99. The average Bonchev–Trinajstić information content (AvgIpc) is 2.98. The molecular weight excluding hydrogens is 244 g/mol. The lowest BCUT2D eigenvalue weighted by Gasteiger charge is -2.26. The maximum atomic E-state index is 11.9. The standard InChI is InChI=1S/C14H26N2O3/c1-3-19-13(17)14(15)6-4-12(8-14)16-7-5-11(9-16)10-18-2/h11-12H,3-10,15H2,1-2H3. The number of methoxy groups -OCH3 is 1. The molecule has 0 spiro atoms. The van der Waals surface area contributed by atoms with Crippen molar-refractivity contribution in [2.75, 3.05) is 33.4 Å². The van der Waals surface area contributed by atoms with Crippen molar-refractivity contribution in [1.82, 2.24) is 4.90 Å². The number of rotatable bonds is 5. The number of carbonyl (C=O) groups excluding carboxylic acids is 1. The molecule has 0 radical (unpaired) electrons. The van der Waals surface area contributed by atoms with E-state index in [9.17, 15) is 4.79 Å². The van der Waals surface area contributed by atoms with Crippen molar-refractivity contribution in [2.24, 2.45) is 11.7 Å². The van der Waals surface area contributed by atoms with Crippen molar-refractivity contribution in [3.05, 3.63) is 0 Å². The summed E-state index contributed by atoms with van der Waals surface area (Å²) in [6.45, 7) is 5.22. The highest BCUT2D eigenvalue weighted by Crippen LogP contribution is 2.34. The highest BCUT2D eigenvalue weighted by Gasteiger charge is 2.45. The number of nitrogens with two attached hydrogens (primary N) is 1. The SMILES string of the molecule is CCOC(=O)C1(N)CCC(N2CCC(COC)C2)C1. The van der Waals surface area contributed by atoms with Gasteiger partial charge in [-0.25, -0.2) is 0 Å². The fourth-order valence-corrected chi connectivity index (χ4v) is 3.39. The normalized spacial score (nSPS) is 35.7. The van der Waals surface area contributed by atoms with E-state index in [1.165, 1.54) is 6.42 Å². The van der Waals surface area contributed by atoms with Crippen LogP contribution in [0.3, 0.4) is 0 Å². The molecule has 2 fully saturated rings. The molecule has 1 aliphatic carbocycles. The molecule has 1 heterocycles. The van der Waals surface area contributed by atoms with E-state index in [0.29, 0.717) is 18.6 Å². The Bertz CT molecular complexity index is 324. The van der Waals surface area contributed by atoms with Gasteiger partial charge >= 0.3 is 5.97 Å². The quantitative estimate of drug-likeness (QED) is 0.748. The van der Waals surface area contributed by atoms with Crippen molar-refractivity contribution >= 4 is 5.97 Å². The number of hydrogen-bond acceptors (Lipinski definition) is 5. The Kier molecular flexibility index (Phi) is 4.81. The van der Waals surface area contributed by atoms with E-state index in [0.717, 1.165) is 39.0 Å². The van der Waals surface area contributed by atoms with Crippen molar-refractivity contribution in [3.63, 3.8) is 0 Å². The highest BCUT2D eigenvalue weighted by atomic mass is 16.5. The third-order valence-electron chi connectivity index (χ3n) is 4.44. The third kappa shape index (κ3) is 3.27. The van der Waals surface area contributed by atoms with Gasteiger partial charge in [0.25, 0.3) is 0 Å². The van der Waals surface area contributed by atoms with E-state index < -0.39 is 5.54 Å². The highest BCUT2D eigenvalue weighted by molar-refractivity contribution is 5.81. The fraction of sp³-hybridized carbons (Fsp3) is 0.929. The van der Waals surface area contributed by atoms with Crippen LogP contribution in [0.4, 0.5) is 0 Å². The summed E-state index contributed by atoms with van der Waals surface area (Å²) in [6, 6.07) is 0.427. The zero-order chi connectivity index (χ0) is 13.9. The summed E-state index contributed by atoms with van der Waals surface area (Å²) < 4.78 is 10.3. The Balaban J connectivity index is 1.87. The summed E-state index contributed by atoms with van der Waals surface area (Å²) in [4.78, 5) is 14.4. The van der Waals surface area contributed by atoms with Crippen LogP contribution in [0.5, 0.6) is 0 Å². The van der Waals surface area contributed by atoms with Gasteiger partial charge in [-0.1, -0.05) is 0 Å². The molecule has 1 aliphatic heterocycles. The summed E-state index contributed by atoms with van der Waals surface area (Å²) in [7, 11) is 1.75. The van der Waals surface area contributed by atoms with Gasteiger partial charge in [-0.2, -0.15) is 0 Å². The monoisotopic (exact) mass is 270 g/mol. The van der Waals surface area contributed by atoms with Crippen molar-refractivity contribution in [2.45, 2.75) is 44.2 Å². The van der Waals surface area contributed by atoms with Crippen LogP contribution in [0.15, 0.2) is 0 Å². The van der Waals surface area contributed by atoms with Gasteiger partial charge < -0.3 is 15.2 Å². The molecule has 3 atom stereocenters. The van der Waals surface area contributed by atoms with Crippen LogP contribution in [0.2, 0.25) is 0 Å². The molecule has 110 valence electrons. The molecule has 2 N–H and O–H groups in total. The summed E-state index contributed by atoms with van der Waals surface area (Å²) in [5, 5.41) is 0. The Labute approximate surface area is 115 Å². The van der Waals surface area contributed by atoms with E-state index in [2.05, 4.69) is 4.90 Å². The average molecular weight is 270 g/mol. The Hall–Kier alpha value is -0.650. The second-order valence-corrected chi connectivity index (χ2v) is 5.88. The van der Waals surface area contributed by atoms with E-state index in [1.54, 1.807) is 7.11 Å². The molecule has 19 heavy (non-hydrogen) atoms. The first-order chi connectivity index (χ1) is 9.09. The van der Waals surface area contributed by atoms with Gasteiger partial charge in [-0.15, -0.1) is 0 Å². The summed E-state index contributed by atoms with van der Waals surface area (Å²) in [5.41, 5.74) is 5.45. The van der Waals surface area contributed by atoms with Gasteiger partial charge in [0.15, 0.2) is 0 Å². The maximum Gasteiger partial charge on any atom is 0.326 e. The molecule has 1 saturated heterocycles. The number of likely N-dealkylation sites (tertiary alicyclic amines) is 1. The topological polar surface area (TPSA) is 64.8 Å². The van der Waals surface area contributed by atoms with Gasteiger partial charge in [-0.3, -0.25) is 9.69 Å². The van der Waals surface area contributed by atoms with Gasteiger partial charge in [-0.05, 0) is 45.1 Å². The molecule has 5 heteroatoms. The maximum absolute atomic E-state index is 11.9. The molecule has 2 rings (SSSR count). The molecule has 2 aliphatic rings. The first-order valence-corrected chi connectivity index (χ1v) is 7.28. The van der Waals surface area contributed by atoms with Crippen LogP contribution >= 0.6 is 0 Å². The van der Waals surface area contributed by atoms with Gasteiger partial charge in [0, 0.05) is 19.7 Å². The predicted molar refractivity (Wildman–Crippen MR) is 72.7 cm³/mol. The molecule has 0 aromatic heterocycles. The summed E-state index contributed by atoms with van der Waals surface area (Å²) >= 11 is 0. The molecule has 0 aromatic rings. The van der Waals surface area contributed by atoms with Crippen LogP contribution in [0.25, 0.3) is 0 Å². The van der Waals surface area contributed by atoms with E-state index in [-0.39, 0.29) is 5.97 Å². The largest absolute Gasteiger partial charge is 0.465 e. The molecule has 0 amide bonds. The minimum Gasteiger partial charge on any atom is -0.465 e. The van der Waals surface area contributed by atoms with Crippen molar-refractivity contribution < 1.29 is 14.3 Å². The van der Waals surface area contributed by atoms with Gasteiger partial charge in [0.2, 0.25) is 0 Å². The molecular formula is C14H26N2O3. The molecule has 3 unspecified atom stereocenters. The lowest BCUT2D eigenvalue weighted by molar-refractivity contribution is -0.149.